The summed E-state index contributed by atoms with van der Waals surface area (Å²) in [5, 5.41) is 10.2. The smallest absolute Gasteiger partial charge is 0.0546 e. The number of anilines is 3. The van der Waals surface area contributed by atoms with Crippen LogP contribution in [0.3, 0.4) is 0 Å². The summed E-state index contributed by atoms with van der Waals surface area (Å²) in [6, 6.07) is 50.8. The van der Waals surface area contributed by atoms with Crippen molar-refractivity contribution in [1.82, 2.24) is 0 Å². The van der Waals surface area contributed by atoms with Crippen LogP contribution in [0, 0.1) is 0 Å². The zero-order valence-electron chi connectivity index (χ0n) is 20.6. The van der Waals surface area contributed by atoms with Crippen LogP contribution in [-0.4, -0.2) is 0 Å². The van der Waals surface area contributed by atoms with Crippen LogP contribution < -0.4 is 4.90 Å². The van der Waals surface area contributed by atoms with E-state index in [1.54, 1.807) is 0 Å². The maximum absolute atomic E-state index is 2.41. The van der Waals surface area contributed by atoms with Gasteiger partial charge in [-0.1, -0.05) is 91.0 Å². The van der Waals surface area contributed by atoms with Crippen LogP contribution in [0.5, 0.6) is 0 Å². The third-order valence-corrected chi connectivity index (χ3v) is 8.71. The molecule has 0 bridgehead atoms. The minimum atomic E-state index is 1.15. The molecule has 1 aromatic heterocycles. The third-order valence-electron chi connectivity index (χ3n) is 7.58. The molecule has 1 heterocycles. The molecule has 0 saturated heterocycles. The van der Waals surface area contributed by atoms with Crippen LogP contribution in [0.4, 0.5) is 17.1 Å². The van der Waals surface area contributed by atoms with Crippen molar-refractivity contribution in [3.05, 3.63) is 140 Å². The molecule has 0 unspecified atom stereocenters. The number of hydrogen-bond acceptors (Lipinski definition) is 2. The Morgan fingerprint density at radius 3 is 1.95 bits per heavy atom. The van der Waals surface area contributed by atoms with Gasteiger partial charge in [0.15, 0.2) is 0 Å². The number of para-hydroxylation sites is 1. The molecule has 0 aliphatic carbocycles. The van der Waals surface area contributed by atoms with E-state index in [2.05, 4.69) is 144 Å². The summed E-state index contributed by atoms with van der Waals surface area (Å²) in [6.07, 6.45) is 0. The number of benzene rings is 7. The van der Waals surface area contributed by atoms with Crippen LogP contribution in [-0.2, 0) is 0 Å². The lowest BCUT2D eigenvalue weighted by Gasteiger charge is -2.28. The normalized spacial score (nSPS) is 11.7. The fraction of sp³-hybridized carbons (Fsp3) is 0. The molecular weight excluding hydrogens is 478 g/mol. The fourth-order valence-electron chi connectivity index (χ4n) is 5.82. The maximum atomic E-state index is 2.41. The predicted molar refractivity (Wildman–Crippen MR) is 167 cm³/mol. The van der Waals surface area contributed by atoms with E-state index in [0.717, 1.165) is 11.4 Å². The molecule has 0 aliphatic heterocycles. The Morgan fingerprint density at radius 1 is 0.368 bits per heavy atom. The molecule has 8 rings (SSSR count). The summed E-state index contributed by atoms with van der Waals surface area (Å²) >= 11 is 1.87. The molecule has 0 amide bonds. The van der Waals surface area contributed by atoms with E-state index in [1.807, 2.05) is 11.3 Å². The highest BCUT2D eigenvalue weighted by molar-refractivity contribution is 7.25. The molecule has 0 aliphatic rings. The Bertz CT molecular complexity index is 2140. The molecule has 0 radical (unpaired) electrons. The van der Waals surface area contributed by atoms with Gasteiger partial charge in [-0.25, -0.2) is 0 Å². The molecule has 0 fully saturated rings. The molecule has 2 heteroatoms. The number of hydrogen-bond donors (Lipinski definition) is 0. The van der Waals surface area contributed by atoms with Crippen LogP contribution >= 0.6 is 11.3 Å². The first-order valence-electron chi connectivity index (χ1n) is 12.9. The van der Waals surface area contributed by atoms with Gasteiger partial charge in [-0.3, -0.25) is 0 Å². The van der Waals surface area contributed by atoms with Crippen molar-refractivity contribution in [2.45, 2.75) is 0 Å². The Labute approximate surface area is 224 Å². The van der Waals surface area contributed by atoms with Gasteiger partial charge in [-0.15, -0.1) is 11.3 Å². The summed E-state index contributed by atoms with van der Waals surface area (Å²) < 4.78 is 2.67. The lowest BCUT2D eigenvalue weighted by molar-refractivity contribution is 1.31. The minimum Gasteiger partial charge on any atom is -0.310 e. The van der Waals surface area contributed by atoms with Crippen molar-refractivity contribution in [3.63, 3.8) is 0 Å². The summed E-state index contributed by atoms with van der Waals surface area (Å²) in [6.45, 7) is 0. The van der Waals surface area contributed by atoms with E-state index in [4.69, 9.17) is 0 Å². The van der Waals surface area contributed by atoms with E-state index in [0.29, 0.717) is 0 Å². The van der Waals surface area contributed by atoms with E-state index < -0.39 is 0 Å². The zero-order chi connectivity index (χ0) is 25.1. The largest absolute Gasteiger partial charge is 0.310 e. The van der Waals surface area contributed by atoms with Gasteiger partial charge in [0.05, 0.1) is 5.69 Å². The summed E-state index contributed by atoms with van der Waals surface area (Å²) in [7, 11) is 0. The minimum absolute atomic E-state index is 1.15. The third kappa shape index (κ3) is 3.31. The van der Waals surface area contributed by atoms with E-state index in [-0.39, 0.29) is 0 Å². The first-order valence-corrected chi connectivity index (χ1v) is 13.8. The van der Waals surface area contributed by atoms with Gasteiger partial charge >= 0.3 is 0 Å². The van der Waals surface area contributed by atoms with Gasteiger partial charge in [0.1, 0.15) is 0 Å². The predicted octanol–water partition coefficient (Wildman–Crippen LogP) is 11.0. The van der Waals surface area contributed by atoms with E-state index >= 15 is 0 Å². The number of thiophene rings is 1. The second kappa shape index (κ2) is 8.44. The van der Waals surface area contributed by atoms with Crippen molar-refractivity contribution >= 4 is 80.9 Å². The van der Waals surface area contributed by atoms with Crippen molar-refractivity contribution in [2.24, 2.45) is 0 Å². The highest BCUT2D eigenvalue weighted by Gasteiger charge is 2.17. The van der Waals surface area contributed by atoms with Gasteiger partial charge in [-0.05, 0) is 75.5 Å². The van der Waals surface area contributed by atoms with Crippen LogP contribution in [0.25, 0.3) is 52.5 Å². The molecule has 1 nitrogen and oxygen atoms in total. The number of rotatable bonds is 3. The van der Waals surface area contributed by atoms with Crippen molar-refractivity contribution in [3.8, 4) is 0 Å². The van der Waals surface area contributed by atoms with Crippen molar-refractivity contribution in [2.75, 3.05) is 4.90 Å². The van der Waals surface area contributed by atoms with E-state index in [1.165, 1.54) is 58.2 Å². The molecule has 178 valence electrons. The summed E-state index contributed by atoms with van der Waals surface area (Å²) in [5.74, 6) is 0. The van der Waals surface area contributed by atoms with Crippen molar-refractivity contribution in [1.29, 1.82) is 0 Å². The quantitative estimate of drug-likeness (QED) is 0.218. The highest BCUT2D eigenvalue weighted by Crippen LogP contribution is 2.43. The van der Waals surface area contributed by atoms with Crippen molar-refractivity contribution < 1.29 is 0 Å². The maximum Gasteiger partial charge on any atom is 0.0546 e. The van der Waals surface area contributed by atoms with Crippen LogP contribution in [0.2, 0.25) is 0 Å². The zero-order valence-corrected chi connectivity index (χ0v) is 21.5. The van der Waals surface area contributed by atoms with Crippen LogP contribution in [0.15, 0.2) is 140 Å². The van der Waals surface area contributed by atoms with E-state index in [9.17, 15) is 0 Å². The molecule has 0 atom stereocenters. The lowest BCUT2D eigenvalue weighted by Crippen LogP contribution is -2.10. The Balaban J connectivity index is 1.41. The lowest BCUT2D eigenvalue weighted by atomic mass is 9.98. The monoisotopic (exact) mass is 501 g/mol. The Morgan fingerprint density at radius 2 is 1.08 bits per heavy atom. The van der Waals surface area contributed by atoms with Gasteiger partial charge in [0.25, 0.3) is 0 Å². The fourth-order valence-corrected chi connectivity index (χ4v) is 6.95. The molecule has 8 aromatic rings. The number of nitrogens with zero attached hydrogens (tertiary/aromatic N) is 1. The molecular formula is C36H23NS. The Hall–Kier alpha value is -4.66. The molecule has 0 spiro atoms. The second-order valence-corrected chi connectivity index (χ2v) is 10.9. The summed E-state index contributed by atoms with van der Waals surface area (Å²) in [4.78, 5) is 2.41. The average Bonchev–Trinajstić information content (AvgIpc) is 3.34. The summed E-state index contributed by atoms with van der Waals surface area (Å²) in [5.41, 5.74) is 3.49. The van der Waals surface area contributed by atoms with Gasteiger partial charge in [-0.2, -0.15) is 0 Å². The standard InChI is InChI=1S/C36H23NS/c1-2-11-27(12-3-1)37(34-22-25-10-4-5-13-29(25)30-14-6-7-15-31(30)34)28-19-18-24-21-33-32-16-8-9-17-35(32)38-36(33)23-26(24)20-28/h1-23H. The molecule has 0 N–H and O–H groups in total. The van der Waals surface area contributed by atoms with Crippen LogP contribution in [0.1, 0.15) is 0 Å². The molecule has 38 heavy (non-hydrogen) atoms. The van der Waals surface area contributed by atoms with Gasteiger partial charge < -0.3 is 4.90 Å². The van der Waals surface area contributed by atoms with Gasteiger partial charge in [0, 0.05) is 36.9 Å². The Kier molecular flexibility index (Phi) is 4.76. The first kappa shape index (κ1) is 21.4. The molecule has 7 aromatic carbocycles. The van der Waals surface area contributed by atoms with Gasteiger partial charge in [0.2, 0.25) is 0 Å². The SMILES string of the molecule is c1ccc(N(c2ccc3cc4c(cc3c2)sc2ccccc24)c2cc3ccccc3c3ccccc23)cc1. The topological polar surface area (TPSA) is 3.24 Å². The molecule has 0 saturated carbocycles. The number of fused-ring (bicyclic) bond motifs is 7. The second-order valence-electron chi connectivity index (χ2n) is 9.81. The average molecular weight is 502 g/mol. The highest BCUT2D eigenvalue weighted by atomic mass is 32.1. The first-order chi connectivity index (χ1) is 18.8.